The normalized spacial score (nSPS) is 12.2. The topological polar surface area (TPSA) is 43.4 Å². The molecule has 0 aromatic heterocycles. The van der Waals surface area contributed by atoms with E-state index in [1.807, 2.05) is 31.2 Å². The molecule has 0 fully saturated rings. The van der Waals surface area contributed by atoms with E-state index in [4.69, 9.17) is 16.3 Å². The van der Waals surface area contributed by atoms with Crippen LogP contribution in [0.3, 0.4) is 0 Å². The second kappa shape index (κ2) is 6.52. The monoisotopic (exact) mass is 254 g/mol. The lowest BCUT2D eigenvalue weighted by Crippen LogP contribution is -2.15. The Balaban J connectivity index is 2.83. The van der Waals surface area contributed by atoms with Gasteiger partial charge in [-0.25, -0.2) is 0 Å². The lowest BCUT2D eigenvalue weighted by atomic mass is 9.95. The average Bonchev–Trinajstić information content (AvgIpc) is 2.28. The van der Waals surface area contributed by atoms with Crippen molar-refractivity contribution in [3.8, 4) is 0 Å². The van der Waals surface area contributed by atoms with Crippen LogP contribution in [-0.4, -0.2) is 24.7 Å². The molecule has 0 bridgehead atoms. The van der Waals surface area contributed by atoms with Crippen LogP contribution in [0.2, 0.25) is 0 Å². The third-order valence-electron chi connectivity index (χ3n) is 2.56. The lowest BCUT2D eigenvalue weighted by Gasteiger charge is -2.11. The van der Waals surface area contributed by atoms with Crippen LogP contribution in [0, 0.1) is 0 Å². The van der Waals surface area contributed by atoms with Gasteiger partial charge < -0.3 is 4.74 Å². The highest BCUT2D eigenvalue weighted by molar-refractivity contribution is 6.63. The minimum absolute atomic E-state index is 0.0156. The average molecular weight is 255 g/mol. The summed E-state index contributed by atoms with van der Waals surface area (Å²) in [4.78, 5) is 22.5. The van der Waals surface area contributed by atoms with Crippen molar-refractivity contribution in [1.82, 2.24) is 0 Å². The number of carbonyl (C=O) groups is 2. The molecule has 0 amide bonds. The second-order valence-electron chi connectivity index (χ2n) is 3.90. The molecule has 3 nitrogen and oxygen atoms in total. The van der Waals surface area contributed by atoms with E-state index in [1.54, 1.807) is 0 Å². The first-order valence-corrected chi connectivity index (χ1v) is 5.71. The van der Waals surface area contributed by atoms with Crippen molar-refractivity contribution in [2.45, 2.75) is 19.3 Å². The number of ketones is 1. The molecule has 1 atom stereocenters. The molecule has 4 heteroatoms. The molecule has 0 aliphatic carbocycles. The molecule has 0 saturated heterocycles. The number of carbonyl (C=O) groups excluding carboxylic acids is 2. The van der Waals surface area contributed by atoms with Gasteiger partial charge in [0.15, 0.2) is 5.78 Å². The number of methoxy groups -OCH3 is 1. The maximum absolute atomic E-state index is 11.7. The van der Waals surface area contributed by atoms with Crippen molar-refractivity contribution in [2.24, 2.45) is 0 Å². The molecule has 0 heterocycles. The van der Waals surface area contributed by atoms with Crippen LogP contribution >= 0.6 is 11.6 Å². The van der Waals surface area contributed by atoms with E-state index < -0.39 is 5.24 Å². The van der Waals surface area contributed by atoms with Gasteiger partial charge in [-0.05, 0) is 22.7 Å². The SMILES string of the molecule is COCC(=O)C(C)c1cccc(CC(=O)Cl)c1. The van der Waals surface area contributed by atoms with E-state index in [-0.39, 0.29) is 24.7 Å². The Hall–Kier alpha value is -1.19. The van der Waals surface area contributed by atoms with E-state index in [1.165, 1.54) is 7.11 Å². The van der Waals surface area contributed by atoms with E-state index in [9.17, 15) is 9.59 Å². The number of hydrogen-bond acceptors (Lipinski definition) is 3. The fraction of sp³-hybridized carbons (Fsp3) is 0.385. The first-order chi connectivity index (χ1) is 8.04. The maximum Gasteiger partial charge on any atom is 0.226 e. The number of rotatable bonds is 6. The van der Waals surface area contributed by atoms with Gasteiger partial charge in [0.25, 0.3) is 0 Å². The summed E-state index contributed by atoms with van der Waals surface area (Å²) in [5.41, 5.74) is 1.70. The second-order valence-corrected chi connectivity index (χ2v) is 4.32. The zero-order valence-corrected chi connectivity index (χ0v) is 10.7. The molecule has 1 unspecified atom stereocenters. The summed E-state index contributed by atoms with van der Waals surface area (Å²) in [5, 5.41) is -0.405. The predicted octanol–water partition coefficient (Wildman–Crippen LogP) is 2.31. The van der Waals surface area contributed by atoms with Gasteiger partial charge in [-0.2, -0.15) is 0 Å². The number of Topliss-reactive ketones (excluding diaryl/α,β-unsaturated/α-hetero) is 1. The number of hydrogen-bond donors (Lipinski definition) is 0. The molecule has 1 aromatic carbocycles. The van der Waals surface area contributed by atoms with Crippen molar-refractivity contribution >= 4 is 22.6 Å². The molecule has 92 valence electrons. The fourth-order valence-electron chi connectivity index (χ4n) is 1.59. The van der Waals surface area contributed by atoms with E-state index in [0.29, 0.717) is 0 Å². The van der Waals surface area contributed by atoms with Gasteiger partial charge in [-0.3, -0.25) is 9.59 Å². The van der Waals surface area contributed by atoms with Crippen LogP contribution in [0.5, 0.6) is 0 Å². The first kappa shape index (κ1) is 13.9. The van der Waals surface area contributed by atoms with Crippen molar-refractivity contribution in [2.75, 3.05) is 13.7 Å². The molecule has 0 spiro atoms. The van der Waals surface area contributed by atoms with Crippen LogP contribution < -0.4 is 0 Å². The van der Waals surface area contributed by atoms with Crippen LogP contribution in [0.15, 0.2) is 24.3 Å². The smallest absolute Gasteiger partial charge is 0.226 e. The standard InChI is InChI=1S/C13H15ClO3/c1-9(12(15)8-17-2)11-5-3-4-10(6-11)7-13(14)16/h3-6,9H,7-8H2,1-2H3. The Morgan fingerprint density at radius 1 is 1.41 bits per heavy atom. The van der Waals surface area contributed by atoms with Crippen LogP contribution in [0.4, 0.5) is 0 Å². The molecule has 0 saturated carbocycles. The molecular weight excluding hydrogens is 240 g/mol. The number of ether oxygens (including phenoxy) is 1. The Labute approximate surface area is 106 Å². The highest BCUT2D eigenvalue weighted by Gasteiger charge is 2.15. The zero-order chi connectivity index (χ0) is 12.8. The molecular formula is C13H15ClO3. The molecule has 0 aliphatic rings. The van der Waals surface area contributed by atoms with Crippen molar-refractivity contribution < 1.29 is 14.3 Å². The molecule has 1 aromatic rings. The van der Waals surface area contributed by atoms with Crippen LogP contribution in [0.25, 0.3) is 0 Å². The van der Waals surface area contributed by atoms with E-state index in [0.717, 1.165) is 11.1 Å². The first-order valence-electron chi connectivity index (χ1n) is 5.33. The Bertz CT molecular complexity index is 415. The summed E-state index contributed by atoms with van der Waals surface area (Å²) in [7, 11) is 1.49. The molecule has 1 rings (SSSR count). The van der Waals surface area contributed by atoms with Crippen molar-refractivity contribution in [1.29, 1.82) is 0 Å². The molecule has 0 aliphatic heterocycles. The third-order valence-corrected chi connectivity index (χ3v) is 2.70. The largest absolute Gasteiger partial charge is 0.377 e. The minimum atomic E-state index is -0.405. The van der Waals surface area contributed by atoms with Crippen LogP contribution in [0.1, 0.15) is 24.0 Å². The van der Waals surface area contributed by atoms with Crippen LogP contribution in [-0.2, 0) is 20.7 Å². The highest BCUT2D eigenvalue weighted by Crippen LogP contribution is 2.18. The molecule has 0 radical (unpaired) electrons. The summed E-state index contributed by atoms with van der Waals surface area (Å²) in [6.07, 6.45) is 0.181. The summed E-state index contributed by atoms with van der Waals surface area (Å²) in [6, 6.07) is 7.33. The minimum Gasteiger partial charge on any atom is -0.377 e. The highest BCUT2D eigenvalue weighted by atomic mass is 35.5. The van der Waals surface area contributed by atoms with E-state index in [2.05, 4.69) is 0 Å². The van der Waals surface area contributed by atoms with Gasteiger partial charge in [0.1, 0.15) is 6.61 Å². The van der Waals surface area contributed by atoms with Gasteiger partial charge >= 0.3 is 0 Å². The maximum atomic E-state index is 11.7. The summed E-state index contributed by atoms with van der Waals surface area (Å²) >= 11 is 5.33. The van der Waals surface area contributed by atoms with E-state index >= 15 is 0 Å². The van der Waals surface area contributed by atoms with Crippen molar-refractivity contribution in [3.05, 3.63) is 35.4 Å². The van der Waals surface area contributed by atoms with Gasteiger partial charge in [0, 0.05) is 19.4 Å². The Kier molecular flexibility index (Phi) is 5.32. The zero-order valence-electron chi connectivity index (χ0n) is 9.90. The quantitative estimate of drug-likeness (QED) is 0.732. The number of halogens is 1. The predicted molar refractivity (Wildman–Crippen MR) is 66.3 cm³/mol. The molecule has 17 heavy (non-hydrogen) atoms. The lowest BCUT2D eigenvalue weighted by molar-refractivity contribution is -0.123. The summed E-state index contributed by atoms with van der Waals surface area (Å²) < 4.78 is 4.82. The Morgan fingerprint density at radius 3 is 2.71 bits per heavy atom. The van der Waals surface area contributed by atoms with Gasteiger partial charge in [0.05, 0.1) is 0 Å². The Morgan fingerprint density at radius 2 is 2.12 bits per heavy atom. The summed E-state index contributed by atoms with van der Waals surface area (Å²) in [6.45, 7) is 1.92. The fourth-order valence-corrected chi connectivity index (χ4v) is 1.74. The number of benzene rings is 1. The van der Waals surface area contributed by atoms with Gasteiger partial charge in [-0.1, -0.05) is 31.2 Å². The third kappa shape index (κ3) is 4.29. The van der Waals surface area contributed by atoms with Gasteiger partial charge in [-0.15, -0.1) is 0 Å². The summed E-state index contributed by atoms with van der Waals surface area (Å²) in [5.74, 6) is -0.220. The molecule has 0 N–H and O–H groups in total. The van der Waals surface area contributed by atoms with Gasteiger partial charge in [0.2, 0.25) is 5.24 Å². The van der Waals surface area contributed by atoms with Crippen molar-refractivity contribution in [3.63, 3.8) is 0 Å².